The van der Waals surface area contributed by atoms with Gasteiger partial charge in [0, 0.05) is 5.69 Å². The lowest BCUT2D eigenvalue weighted by Gasteiger charge is -2.44. The molecule has 0 unspecified atom stereocenters. The topological polar surface area (TPSA) is 66.6 Å². The van der Waals surface area contributed by atoms with E-state index < -0.39 is 5.60 Å². The molecule has 0 aromatic heterocycles. The van der Waals surface area contributed by atoms with E-state index in [1.54, 1.807) is 24.0 Å². The predicted octanol–water partition coefficient (Wildman–Crippen LogP) is 0.784. The molecule has 1 saturated heterocycles. The molecule has 1 heterocycles. The second-order valence-electron chi connectivity index (χ2n) is 4.75. The van der Waals surface area contributed by atoms with Gasteiger partial charge in [0.1, 0.15) is 0 Å². The van der Waals surface area contributed by atoms with Crippen LogP contribution in [0.5, 0.6) is 0 Å². The zero-order chi connectivity index (χ0) is 11.9. The highest BCUT2D eigenvalue weighted by molar-refractivity contribution is 5.99. The minimum absolute atomic E-state index is 0.104. The van der Waals surface area contributed by atoms with Gasteiger partial charge in [-0.3, -0.25) is 4.79 Å². The molecule has 4 heteroatoms. The third-order valence-corrected chi connectivity index (χ3v) is 2.79. The first-order valence-electron chi connectivity index (χ1n) is 5.27. The van der Waals surface area contributed by atoms with E-state index in [1.807, 2.05) is 13.0 Å². The van der Waals surface area contributed by atoms with Crippen LogP contribution < -0.4 is 5.73 Å². The van der Waals surface area contributed by atoms with Gasteiger partial charge >= 0.3 is 0 Å². The maximum absolute atomic E-state index is 12.0. The number of likely N-dealkylation sites (tertiary alicyclic amines) is 1. The first-order valence-corrected chi connectivity index (χ1v) is 5.27. The van der Waals surface area contributed by atoms with Crippen molar-refractivity contribution < 1.29 is 9.90 Å². The number of nitrogen functional groups attached to an aromatic ring is 1. The molecule has 1 fully saturated rings. The molecule has 0 saturated carbocycles. The number of rotatable bonds is 1. The summed E-state index contributed by atoms with van der Waals surface area (Å²) in [4.78, 5) is 13.6. The summed E-state index contributed by atoms with van der Waals surface area (Å²) < 4.78 is 0. The number of hydrogen-bond donors (Lipinski definition) is 2. The van der Waals surface area contributed by atoms with Crippen LogP contribution in [0.25, 0.3) is 0 Å². The lowest BCUT2D eigenvalue weighted by Crippen LogP contribution is -2.61. The smallest absolute Gasteiger partial charge is 0.256 e. The van der Waals surface area contributed by atoms with Crippen LogP contribution in [-0.2, 0) is 0 Å². The average Bonchev–Trinajstić information content (AvgIpc) is 2.17. The van der Waals surface area contributed by atoms with Crippen molar-refractivity contribution in [3.63, 3.8) is 0 Å². The third kappa shape index (κ3) is 1.88. The number of nitrogens with zero attached hydrogens (tertiary/aromatic N) is 1. The van der Waals surface area contributed by atoms with Crippen LogP contribution >= 0.6 is 0 Å². The molecule has 0 aliphatic carbocycles. The minimum Gasteiger partial charge on any atom is -0.398 e. The molecule has 3 N–H and O–H groups in total. The minimum atomic E-state index is -0.742. The molecule has 0 bridgehead atoms. The van der Waals surface area contributed by atoms with Crippen molar-refractivity contribution in [1.82, 2.24) is 4.90 Å². The zero-order valence-corrected chi connectivity index (χ0v) is 9.53. The van der Waals surface area contributed by atoms with Gasteiger partial charge in [-0.05, 0) is 26.0 Å². The van der Waals surface area contributed by atoms with Crippen LogP contribution in [0.2, 0.25) is 0 Å². The summed E-state index contributed by atoms with van der Waals surface area (Å²) >= 11 is 0. The highest BCUT2D eigenvalue weighted by Crippen LogP contribution is 2.24. The summed E-state index contributed by atoms with van der Waals surface area (Å²) in [5, 5.41) is 9.58. The lowest BCUT2D eigenvalue weighted by atomic mass is 9.95. The van der Waals surface area contributed by atoms with Crippen LogP contribution in [0.15, 0.2) is 18.2 Å². The van der Waals surface area contributed by atoms with Gasteiger partial charge in [-0.25, -0.2) is 0 Å². The second-order valence-corrected chi connectivity index (χ2v) is 4.75. The van der Waals surface area contributed by atoms with Crippen molar-refractivity contribution >= 4 is 11.6 Å². The van der Waals surface area contributed by atoms with Gasteiger partial charge < -0.3 is 15.7 Å². The maximum atomic E-state index is 12.0. The van der Waals surface area contributed by atoms with Crippen molar-refractivity contribution in [3.05, 3.63) is 29.3 Å². The monoisotopic (exact) mass is 220 g/mol. The third-order valence-electron chi connectivity index (χ3n) is 2.79. The molecule has 0 radical (unpaired) electrons. The van der Waals surface area contributed by atoms with E-state index in [0.29, 0.717) is 24.3 Å². The normalized spacial score (nSPS) is 18.1. The fraction of sp³-hybridized carbons (Fsp3) is 0.417. The summed E-state index contributed by atoms with van der Waals surface area (Å²) in [5.41, 5.74) is 7.04. The van der Waals surface area contributed by atoms with Crippen LogP contribution in [0.3, 0.4) is 0 Å². The van der Waals surface area contributed by atoms with Gasteiger partial charge in [-0.15, -0.1) is 0 Å². The van der Waals surface area contributed by atoms with Crippen LogP contribution in [0, 0.1) is 6.92 Å². The first kappa shape index (κ1) is 11.0. The highest BCUT2D eigenvalue weighted by Gasteiger charge is 2.39. The predicted molar refractivity (Wildman–Crippen MR) is 62.1 cm³/mol. The summed E-state index contributed by atoms with van der Waals surface area (Å²) in [6.45, 7) is 4.39. The number of β-amino-alcohol motifs (C(OH)–C–C–N with tert-alkyl or cyclic N) is 1. The van der Waals surface area contributed by atoms with E-state index in [-0.39, 0.29) is 5.91 Å². The Hall–Kier alpha value is -1.55. The quantitative estimate of drug-likeness (QED) is 0.687. The van der Waals surface area contributed by atoms with E-state index in [9.17, 15) is 9.90 Å². The largest absolute Gasteiger partial charge is 0.398 e. The van der Waals surface area contributed by atoms with Crippen LogP contribution in [0.4, 0.5) is 5.69 Å². The number of carbonyl (C=O) groups is 1. The molecule has 1 aromatic rings. The fourth-order valence-electron chi connectivity index (χ4n) is 1.95. The number of amides is 1. The van der Waals surface area contributed by atoms with Gasteiger partial charge in [0.05, 0.1) is 24.3 Å². The number of nitrogens with two attached hydrogens (primary N) is 1. The molecule has 1 amide bonds. The van der Waals surface area contributed by atoms with E-state index in [1.165, 1.54) is 0 Å². The van der Waals surface area contributed by atoms with Crippen molar-refractivity contribution in [2.24, 2.45) is 0 Å². The molecule has 4 nitrogen and oxygen atoms in total. The molecular formula is C12H16N2O2. The van der Waals surface area contributed by atoms with Crippen molar-refractivity contribution in [2.45, 2.75) is 19.4 Å². The van der Waals surface area contributed by atoms with E-state index in [2.05, 4.69) is 0 Å². The Balaban J connectivity index is 2.19. The molecule has 0 spiro atoms. The average molecular weight is 220 g/mol. The number of carbonyl (C=O) groups excluding carboxylic acids is 1. The second kappa shape index (κ2) is 3.49. The molecule has 1 aliphatic rings. The van der Waals surface area contributed by atoms with E-state index in [0.717, 1.165) is 5.56 Å². The molecule has 2 rings (SSSR count). The Morgan fingerprint density at radius 1 is 1.50 bits per heavy atom. The summed E-state index contributed by atoms with van der Waals surface area (Å²) in [7, 11) is 0. The Bertz CT molecular complexity index is 433. The van der Waals surface area contributed by atoms with Gasteiger partial charge in [0.25, 0.3) is 5.91 Å². The molecule has 1 aliphatic heterocycles. The molecule has 86 valence electrons. The SMILES string of the molecule is Cc1ccc(N)c(C(=O)N2CC(C)(O)C2)c1. The van der Waals surface area contributed by atoms with Crippen LogP contribution in [0.1, 0.15) is 22.8 Å². The number of anilines is 1. The molecular weight excluding hydrogens is 204 g/mol. The Kier molecular flexibility index (Phi) is 2.39. The maximum Gasteiger partial charge on any atom is 0.256 e. The summed E-state index contributed by atoms with van der Waals surface area (Å²) in [5.74, 6) is -0.104. The highest BCUT2D eigenvalue weighted by atomic mass is 16.3. The molecule has 0 atom stereocenters. The molecule has 16 heavy (non-hydrogen) atoms. The van der Waals surface area contributed by atoms with Crippen molar-refractivity contribution in [1.29, 1.82) is 0 Å². The summed E-state index contributed by atoms with van der Waals surface area (Å²) in [6, 6.07) is 5.39. The number of hydrogen-bond acceptors (Lipinski definition) is 3. The van der Waals surface area contributed by atoms with Crippen molar-refractivity contribution in [3.8, 4) is 0 Å². The van der Waals surface area contributed by atoms with Gasteiger partial charge in [0.2, 0.25) is 0 Å². The zero-order valence-electron chi connectivity index (χ0n) is 9.53. The van der Waals surface area contributed by atoms with Crippen LogP contribution in [-0.4, -0.2) is 34.6 Å². The van der Waals surface area contributed by atoms with E-state index >= 15 is 0 Å². The van der Waals surface area contributed by atoms with Gasteiger partial charge in [-0.2, -0.15) is 0 Å². The standard InChI is InChI=1S/C12H16N2O2/c1-8-3-4-10(13)9(5-8)11(15)14-6-12(2,16)7-14/h3-5,16H,6-7,13H2,1-2H3. The first-order chi connectivity index (χ1) is 7.39. The van der Waals surface area contributed by atoms with E-state index in [4.69, 9.17) is 5.73 Å². The Morgan fingerprint density at radius 3 is 2.69 bits per heavy atom. The number of benzene rings is 1. The number of aryl methyl sites for hydroxylation is 1. The summed E-state index contributed by atoms with van der Waals surface area (Å²) in [6.07, 6.45) is 0. The van der Waals surface area contributed by atoms with Crippen molar-refractivity contribution in [2.75, 3.05) is 18.8 Å². The Labute approximate surface area is 94.7 Å². The van der Waals surface area contributed by atoms with Gasteiger partial charge in [0.15, 0.2) is 0 Å². The number of aliphatic hydroxyl groups is 1. The van der Waals surface area contributed by atoms with Gasteiger partial charge in [-0.1, -0.05) is 11.6 Å². The lowest BCUT2D eigenvalue weighted by molar-refractivity contribution is -0.0668. The molecule has 1 aromatic carbocycles. The Morgan fingerprint density at radius 2 is 2.12 bits per heavy atom. The fourth-order valence-corrected chi connectivity index (χ4v) is 1.95.